The van der Waals surface area contributed by atoms with E-state index in [1.165, 1.54) is 19.3 Å². The van der Waals surface area contributed by atoms with Crippen LogP contribution in [0.4, 0.5) is 0 Å². The monoisotopic (exact) mass is 325 g/mol. The lowest BCUT2D eigenvalue weighted by Gasteiger charge is -2.34. The van der Waals surface area contributed by atoms with Crippen molar-refractivity contribution < 1.29 is 14.3 Å². The number of rotatable bonds is 6. The summed E-state index contributed by atoms with van der Waals surface area (Å²) in [5, 5.41) is 2.90. The molecule has 1 saturated carbocycles. The molecule has 0 unspecified atom stereocenters. The highest BCUT2D eigenvalue weighted by atomic mass is 16.5. The molecule has 2 aliphatic rings. The number of carbonyl (C=O) groups is 2. The second-order valence-electron chi connectivity index (χ2n) is 6.95. The number of piperazine rings is 1. The Kier molecular flexibility index (Phi) is 7.30. The van der Waals surface area contributed by atoms with E-state index < -0.39 is 0 Å². The van der Waals surface area contributed by atoms with Gasteiger partial charge in [0.15, 0.2) is 0 Å². The molecule has 1 heterocycles. The van der Waals surface area contributed by atoms with Gasteiger partial charge in [-0.2, -0.15) is 0 Å². The normalized spacial score (nSPS) is 20.7. The molecule has 0 aromatic heterocycles. The summed E-state index contributed by atoms with van der Waals surface area (Å²) in [7, 11) is 0. The van der Waals surface area contributed by atoms with Crippen LogP contribution in [-0.2, 0) is 14.3 Å². The molecule has 0 spiro atoms. The molecule has 0 aromatic rings. The molecular formula is C17H31N3O3. The highest BCUT2D eigenvalue weighted by Crippen LogP contribution is 2.20. The Morgan fingerprint density at radius 3 is 2.35 bits per heavy atom. The molecule has 2 fully saturated rings. The molecule has 1 aliphatic heterocycles. The molecule has 0 radical (unpaired) electrons. The Morgan fingerprint density at radius 1 is 1.09 bits per heavy atom. The fourth-order valence-corrected chi connectivity index (χ4v) is 3.24. The average Bonchev–Trinajstić information content (AvgIpc) is 2.53. The summed E-state index contributed by atoms with van der Waals surface area (Å²) >= 11 is 0. The number of hydrogen-bond acceptors (Lipinski definition) is 4. The second kappa shape index (κ2) is 9.23. The average molecular weight is 325 g/mol. The van der Waals surface area contributed by atoms with Gasteiger partial charge in [0.2, 0.25) is 11.8 Å². The van der Waals surface area contributed by atoms with Gasteiger partial charge in [-0.05, 0) is 26.7 Å². The molecule has 0 atom stereocenters. The van der Waals surface area contributed by atoms with Crippen LogP contribution in [-0.4, -0.2) is 73.1 Å². The third-order valence-electron chi connectivity index (χ3n) is 4.54. The quantitative estimate of drug-likeness (QED) is 0.791. The molecule has 23 heavy (non-hydrogen) atoms. The number of amides is 2. The zero-order valence-corrected chi connectivity index (χ0v) is 14.6. The van der Waals surface area contributed by atoms with Crippen LogP contribution in [0.25, 0.3) is 0 Å². The molecule has 0 aromatic carbocycles. The highest BCUT2D eigenvalue weighted by Gasteiger charge is 2.23. The van der Waals surface area contributed by atoms with Gasteiger partial charge in [-0.15, -0.1) is 0 Å². The topological polar surface area (TPSA) is 61.9 Å². The zero-order valence-electron chi connectivity index (χ0n) is 14.6. The van der Waals surface area contributed by atoms with Crippen molar-refractivity contribution >= 4 is 11.8 Å². The van der Waals surface area contributed by atoms with Crippen LogP contribution in [0, 0.1) is 0 Å². The predicted octanol–water partition coefficient (Wildman–Crippen LogP) is 1.00. The van der Waals surface area contributed by atoms with Crippen LogP contribution in [0.15, 0.2) is 0 Å². The summed E-state index contributed by atoms with van der Waals surface area (Å²) in [4.78, 5) is 27.9. The van der Waals surface area contributed by atoms with Crippen molar-refractivity contribution in [2.75, 3.05) is 39.3 Å². The summed E-state index contributed by atoms with van der Waals surface area (Å²) in [5.74, 6) is 0.141. The fourth-order valence-electron chi connectivity index (χ4n) is 3.24. The molecule has 1 N–H and O–H groups in total. The van der Waals surface area contributed by atoms with Crippen molar-refractivity contribution in [2.45, 2.75) is 58.1 Å². The smallest absolute Gasteiger partial charge is 0.248 e. The van der Waals surface area contributed by atoms with Crippen molar-refractivity contribution in [1.82, 2.24) is 15.1 Å². The third kappa shape index (κ3) is 6.47. The number of ether oxygens (including phenoxy) is 1. The van der Waals surface area contributed by atoms with Crippen LogP contribution >= 0.6 is 0 Å². The van der Waals surface area contributed by atoms with E-state index in [-0.39, 0.29) is 30.6 Å². The Morgan fingerprint density at radius 2 is 1.74 bits per heavy atom. The van der Waals surface area contributed by atoms with E-state index in [0.29, 0.717) is 19.6 Å². The number of nitrogens with zero attached hydrogens (tertiary/aromatic N) is 2. The summed E-state index contributed by atoms with van der Waals surface area (Å²) in [6, 6.07) is 0.169. The van der Waals surface area contributed by atoms with E-state index in [4.69, 9.17) is 4.74 Å². The van der Waals surface area contributed by atoms with Crippen LogP contribution in [0.1, 0.15) is 46.0 Å². The second-order valence-corrected chi connectivity index (χ2v) is 6.95. The van der Waals surface area contributed by atoms with Crippen molar-refractivity contribution in [3.05, 3.63) is 0 Å². The number of nitrogens with one attached hydrogen (secondary N) is 1. The summed E-state index contributed by atoms with van der Waals surface area (Å²) in [6.45, 7) is 7.41. The van der Waals surface area contributed by atoms with Crippen molar-refractivity contribution in [3.63, 3.8) is 0 Å². The predicted molar refractivity (Wildman–Crippen MR) is 89.1 cm³/mol. The van der Waals surface area contributed by atoms with Crippen molar-refractivity contribution in [3.8, 4) is 0 Å². The molecule has 132 valence electrons. The van der Waals surface area contributed by atoms with Crippen LogP contribution in [0.3, 0.4) is 0 Å². The Balaban J connectivity index is 1.63. The summed E-state index contributed by atoms with van der Waals surface area (Å²) in [6.07, 6.45) is 6.18. The Bertz CT molecular complexity index is 387. The van der Waals surface area contributed by atoms with Crippen molar-refractivity contribution in [1.29, 1.82) is 0 Å². The summed E-state index contributed by atoms with van der Waals surface area (Å²) < 4.78 is 5.76. The van der Waals surface area contributed by atoms with E-state index in [9.17, 15) is 9.59 Å². The number of hydrogen-bond donors (Lipinski definition) is 1. The van der Waals surface area contributed by atoms with Crippen LogP contribution in [0.5, 0.6) is 0 Å². The largest absolute Gasteiger partial charge is 0.368 e. The molecule has 1 aliphatic carbocycles. The summed E-state index contributed by atoms with van der Waals surface area (Å²) in [5.41, 5.74) is 0. The van der Waals surface area contributed by atoms with Gasteiger partial charge in [-0.25, -0.2) is 0 Å². The van der Waals surface area contributed by atoms with Gasteiger partial charge in [-0.1, -0.05) is 19.3 Å². The standard InChI is InChI=1S/C17H31N3O3/c1-14(2)18-16(21)12-19-8-10-20(11-9-19)17(22)13-23-15-6-4-3-5-7-15/h14-15H,3-13H2,1-2H3,(H,18,21). The lowest BCUT2D eigenvalue weighted by atomic mass is 9.98. The van der Waals surface area contributed by atoms with Crippen LogP contribution in [0.2, 0.25) is 0 Å². The van der Waals surface area contributed by atoms with Crippen LogP contribution < -0.4 is 5.32 Å². The first-order chi connectivity index (χ1) is 11.0. The minimum absolute atomic E-state index is 0.0559. The lowest BCUT2D eigenvalue weighted by Crippen LogP contribution is -2.52. The minimum atomic E-state index is 0.0559. The van der Waals surface area contributed by atoms with Gasteiger partial charge < -0.3 is 15.0 Å². The van der Waals surface area contributed by atoms with E-state index in [0.717, 1.165) is 25.9 Å². The van der Waals surface area contributed by atoms with Gasteiger partial charge in [-0.3, -0.25) is 14.5 Å². The first kappa shape index (κ1) is 18.2. The van der Waals surface area contributed by atoms with Gasteiger partial charge in [0.25, 0.3) is 0 Å². The van der Waals surface area contributed by atoms with E-state index >= 15 is 0 Å². The molecule has 1 saturated heterocycles. The molecular weight excluding hydrogens is 294 g/mol. The van der Waals surface area contributed by atoms with E-state index in [1.807, 2.05) is 18.7 Å². The first-order valence-electron chi connectivity index (χ1n) is 8.95. The fraction of sp³-hybridized carbons (Fsp3) is 0.882. The van der Waals surface area contributed by atoms with Gasteiger partial charge in [0.05, 0.1) is 12.6 Å². The molecule has 6 nitrogen and oxygen atoms in total. The molecule has 2 rings (SSSR count). The van der Waals surface area contributed by atoms with E-state index in [1.54, 1.807) is 0 Å². The maximum Gasteiger partial charge on any atom is 0.248 e. The maximum absolute atomic E-state index is 12.2. The highest BCUT2D eigenvalue weighted by molar-refractivity contribution is 5.79. The maximum atomic E-state index is 12.2. The zero-order chi connectivity index (χ0) is 16.7. The van der Waals surface area contributed by atoms with Gasteiger partial charge in [0.1, 0.15) is 6.61 Å². The van der Waals surface area contributed by atoms with Crippen molar-refractivity contribution in [2.24, 2.45) is 0 Å². The molecule has 0 bridgehead atoms. The first-order valence-corrected chi connectivity index (χ1v) is 8.95. The third-order valence-corrected chi connectivity index (χ3v) is 4.54. The lowest BCUT2D eigenvalue weighted by molar-refractivity contribution is -0.140. The van der Waals surface area contributed by atoms with Gasteiger partial charge in [0, 0.05) is 32.2 Å². The number of carbonyl (C=O) groups excluding carboxylic acids is 2. The van der Waals surface area contributed by atoms with Gasteiger partial charge >= 0.3 is 0 Å². The SMILES string of the molecule is CC(C)NC(=O)CN1CCN(C(=O)COC2CCCCC2)CC1. The Labute approximate surface area is 139 Å². The molecule has 2 amide bonds. The van der Waals surface area contributed by atoms with E-state index in [2.05, 4.69) is 10.2 Å². The minimum Gasteiger partial charge on any atom is -0.368 e. The Hall–Kier alpha value is -1.14. The molecule has 6 heteroatoms.